The number of rotatable bonds is 5. The van der Waals surface area contributed by atoms with Crippen LogP contribution in [0, 0.1) is 0 Å². The molecule has 1 aromatic rings. The third kappa shape index (κ3) is 4.32. The first-order valence-electron chi connectivity index (χ1n) is 7.23. The fraction of sp³-hybridized carbons (Fsp3) is 0.562. The van der Waals surface area contributed by atoms with Gasteiger partial charge >= 0.3 is 5.97 Å². The third-order valence-electron chi connectivity index (χ3n) is 4.12. The van der Waals surface area contributed by atoms with Crippen LogP contribution in [0.2, 0.25) is 0 Å². The lowest BCUT2D eigenvalue weighted by Crippen LogP contribution is -2.41. The molecule has 1 aliphatic heterocycles. The molecule has 0 unspecified atom stereocenters. The molecule has 1 saturated heterocycles. The zero-order chi connectivity index (χ0) is 14.5. The van der Waals surface area contributed by atoms with Gasteiger partial charge in [0.05, 0.1) is 6.42 Å². The van der Waals surface area contributed by atoms with E-state index >= 15 is 0 Å². The molecule has 0 saturated carbocycles. The molecule has 1 fully saturated rings. The van der Waals surface area contributed by atoms with Gasteiger partial charge in [-0.15, -0.1) is 0 Å². The van der Waals surface area contributed by atoms with Gasteiger partial charge in [-0.25, -0.2) is 0 Å². The van der Waals surface area contributed by atoms with E-state index in [-0.39, 0.29) is 6.42 Å². The molecule has 0 radical (unpaired) electrons. The van der Waals surface area contributed by atoms with Gasteiger partial charge in [-0.2, -0.15) is 0 Å². The SMILES string of the molecule is CN1CCC(N(C)Cc2ccc(CC(=O)O)cc2)CC1. The van der Waals surface area contributed by atoms with Crippen molar-refractivity contribution in [1.82, 2.24) is 9.80 Å². The largest absolute Gasteiger partial charge is 0.481 e. The van der Waals surface area contributed by atoms with E-state index in [9.17, 15) is 4.79 Å². The molecule has 0 spiro atoms. The summed E-state index contributed by atoms with van der Waals surface area (Å²) in [5, 5.41) is 8.76. The van der Waals surface area contributed by atoms with Crippen LogP contribution in [0.5, 0.6) is 0 Å². The second-order valence-electron chi connectivity index (χ2n) is 5.84. The minimum absolute atomic E-state index is 0.102. The Morgan fingerprint density at radius 1 is 1.25 bits per heavy atom. The molecule has 1 aromatic carbocycles. The Bertz CT molecular complexity index is 436. The molecule has 1 N–H and O–H groups in total. The van der Waals surface area contributed by atoms with Crippen molar-refractivity contribution in [2.75, 3.05) is 27.2 Å². The van der Waals surface area contributed by atoms with Crippen molar-refractivity contribution in [3.05, 3.63) is 35.4 Å². The van der Waals surface area contributed by atoms with Gasteiger partial charge in [0.2, 0.25) is 0 Å². The third-order valence-corrected chi connectivity index (χ3v) is 4.12. The number of nitrogens with zero attached hydrogens (tertiary/aromatic N) is 2. The number of hydrogen-bond acceptors (Lipinski definition) is 3. The molecule has 1 heterocycles. The molecule has 0 aromatic heterocycles. The van der Waals surface area contributed by atoms with E-state index in [4.69, 9.17) is 5.11 Å². The second-order valence-corrected chi connectivity index (χ2v) is 5.84. The van der Waals surface area contributed by atoms with Crippen LogP contribution in [0.15, 0.2) is 24.3 Å². The lowest BCUT2D eigenvalue weighted by Gasteiger charge is -2.35. The molecule has 0 atom stereocenters. The molecule has 4 heteroatoms. The number of aliphatic carboxylic acids is 1. The Labute approximate surface area is 121 Å². The molecule has 0 aliphatic carbocycles. The van der Waals surface area contributed by atoms with Gasteiger partial charge < -0.3 is 10.0 Å². The maximum atomic E-state index is 10.7. The average molecular weight is 276 g/mol. The number of carboxylic acids is 1. The van der Waals surface area contributed by atoms with Crippen LogP contribution in [-0.2, 0) is 17.8 Å². The smallest absolute Gasteiger partial charge is 0.307 e. The minimum atomic E-state index is -0.777. The molecule has 110 valence electrons. The Morgan fingerprint density at radius 3 is 2.35 bits per heavy atom. The van der Waals surface area contributed by atoms with Crippen LogP contribution in [0.4, 0.5) is 0 Å². The first kappa shape index (κ1) is 15.0. The number of piperidine rings is 1. The summed E-state index contributed by atoms with van der Waals surface area (Å²) >= 11 is 0. The molecular weight excluding hydrogens is 252 g/mol. The van der Waals surface area contributed by atoms with Crippen molar-refractivity contribution in [2.24, 2.45) is 0 Å². The van der Waals surface area contributed by atoms with Crippen LogP contribution in [-0.4, -0.2) is 54.1 Å². The molecule has 0 bridgehead atoms. The van der Waals surface area contributed by atoms with Gasteiger partial charge in [0.25, 0.3) is 0 Å². The maximum absolute atomic E-state index is 10.7. The van der Waals surface area contributed by atoms with E-state index in [1.54, 1.807) is 0 Å². The van der Waals surface area contributed by atoms with E-state index in [0.717, 1.165) is 12.1 Å². The Balaban J connectivity index is 1.87. The van der Waals surface area contributed by atoms with Crippen molar-refractivity contribution in [3.8, 4) is 0 Å². The molecule has 20 heavy (non-hydrogen) atoms. The average Bonchev–Trinajstić information content (AvgIpc) is 2.41. The number of hydrogen-bond donors (Lipinski definition) is 1. The summed E-state index contributed by atoms with van der Waals surface area (Å²) < 4.78 is 0. The van der Waals surface area contributed by atoms with Crippen LogP contribution in [0.1, 0.15) is 24.0 Å². The first-order chi connectivity index (χ1) is 9.54. The number of benzene rings is 1. The quantitative estimate of drug-likeness (QED) is 0.891. The lowest BCUT2D eigenvalue weighted by molar-refractivity contribution is -0.136. The monoisotopic (exact) mass is 276 g/mol. The predicted octanol–water partition coefficient (Wildman–Crippen LogP) is 1.84. The Kier molecular flexibility index (Phi) is 5.15. The second kappa shape index (κ2) is 6.86. The maximum Gasteiger partial charge on any atom is 0.307 e. The van der Waals surface area contributed by atoms with E-state index in [1.807, 2.05) is 24.3 Å². The highest BCUT2D eigenvalue weighted by Crippen LogP contribution is 2.17. The summed E-state index contributed by atoms with van der Waals surface area (Å²) in [5.41, 5.74) is 2.11. The van der Waals surface area contributed by atoms with Crippen LogP contribution in [0.25, 0.3) is 0 Å². The van der Waals surface area contributed by atoms with Gasteiger partial charge in [-0.3, -0.25) is 9.69 Å². The van der Waals surface area contributed by atoms with E-state index < -0.39 is 5.97 Å². The predicted molar refractivity (Wildman–Crippen MR) is 79.8 cm³/mol. The molecule has 1 aliphatic rings. The summed E-state index contributed by atoms with van der Waals surface area (Å²) in [5.74, 6) is -0.777. The highest BCUT2D eigenvalue weighted by atomic mass is 16.4. The molecule has 4 nitrogen and oxygen atoms in total. The van der Waals surface area contributed by atoms with Crippen LogP contribution >= 0.6 is 0 Å². The van der Waals surface area contributed by atoms with Gasteiger partial charge in [0.15, 0.2) is 0 Å². The van der Waals surface area contributed by atoms with Crippen molar-refractivity contribution in [1.29, 1.82) is 0 Å². The van der Waals surface area contributed by atoms with Gasteiger partial charge in [-0.05, 0) is 51.2 Å². The fourth-order valence-corrected chi connectivity index (χ4v) is 2.79. The first-order valence-corrected chi connectivity index (χ1v) is 7.23. The number of carboxylic acid groups (broad SMARTS) is 1. The number of likely N-dealkylation sites (tertiary alicyclic amines) is 1. The normalized spacial score (nSPS) is 17.6. The van der Waals surface area contributed by atoms with Crippen molar-refractivity contribution in [2.45, 2.75) is 31.8 Å². The fourth-order valence-electron chi connectivity index (χ4n) is 2.79. The Hall–Kier alpha value is -1.39. The zero-order valence-corrected chi connectivity index (χ0v) is 12.4. The zero-order valence-electron chi connectivity index (χ0n) is 12.4. The summed E-state index contributed by atoms with van der Waals surface area (Å²) in [6.07, 6.45) is 2.55. The van der Waals surface area contributed by atoms with Gasteiger partial charge in [-0.1, -0.05) is 24.3 Å². The highest BCUT2D eigenvalue weighted by Gasteiger charge is 2.20. The summed E-state index contributed by atoms with van der Waals surface area (Å²) in [6, 6.07) is 8.59. The van der Waals surface area contributed by atoms with Crippen molar-refractivity contribution in [3.63, 3.8) is 0 Å². The highest BCUT2D eigenvalue weighted by molar-refractivity contribution is 5.70. The van der Waals surface area contributed by atoms with Crippen LogP contribution in [0.3, 0.4) is 0 Å². The minimum Gasteiger partial charge on any atom is -0.481 e. The lowest BCUT2D eigenvalue weighted by atomic mass is 10.0. The van der Waals surface area contributed by atoms with E-state index in [2.05, 4.69) is 23.9 Å². The number of carbonyl (C=O) groups is 1. The summed E-state index contributed by atoms with van der Waals surface area (Å²) in [7, 11) is 4.36. The summed E-state index contributed by atoms with van der Waals surface area (Å²) in [4.78, 5) is 15.4. The molecule has 0 amide bonds. The molecule has 2 rings (SSSR count). The van der Waals surface area contributed by atoms with E-state index in [0.29, 0.717) is 6.04 Å². The Morgan fingerprint density at radius 2 is 1.80 bits per heavy atom. The van der Waals surface area contributed by atoms with Crippen LogP contribution < -0.4 is 0 Å². The van der Waals surface area contributed by atoms with Crippen molar-refractivity contribution < 1.29 is 9.90 Å². The van der Waals surface area contributed by atoms with Crippen molar-refractivity contribution >= 4 is 5.97 Å². The molecular formula is C16H24N2O2. The van der Waals surface area contributed by atoms with E-state index in [1.165, 1.54) is 31.5 Å². The topological polar surface area (TPSA) is 43.8 Å². The standard InChI is InChI=1S/C16H24N2O2/c1-17-9-7-15(8-10-17)18(2)12-14-5-3-13(4-6-14)11-16(19)20/h3-6,15H,7-12H2,1-2H3,(H,19,20). The summed E-state index contributed by atoms with van der Waals surface area (Å²) in [6.45, 7) is 3.28. The van der Waals surface area contributed by atoms with Gasteiger partial charge in [0.1, 0.15) is 0 Å². The van der Waals surface area contributed by atoms with Gasteiger partial charge in [0, 0.05) is 12.6 Å².